The van der Waals surface area contributed by atoms with E-state index in [-0.39, 0.29) is 0 Å². The molecule has 122 valence electrons. The number of unbranched alkanes of at least 4 members (excludes halogenated alkanes) is 7. The van der Waals surface area contributed by atoms with Crippen molar-refractivity contribution in [1.29, 1.82) is 0 Å². The largest absolute Gasteiger partial charge is 0.305 e. The SMILES string of the molecule is [C]=C(CN(C)C)c1ccc(CCCCCCCCCC)cc1. The van der Waals surface area contributed by atoms with Crippen LogP contribution >= 0.6 is 0 Å². The summed E-state index contributed by atoms with van der Waals surface area (Å²) < 4.78 is 0. The van der Waals surface area contributed by atoms with Gasteiger partial charge in [0.2, 0.25) is 0 Å². The van der Waals surface area contributed by atoms with Gasteiger partial charge in [-0.3, -0.25) is 0 Å². The number of hydrogen-bond donors (Lipinski definition) is 0. The lowest BCUT2D eigenvalue weighted by atomic mass is 10.0. The zero-order valence-corrected chi connectivity index (χ0v) is 14.8. The number of rotatable bonds is 12. The third kappa shape index (κ3) is 8.38. The van der Waals surface area contributed by atoms with Crippen molar-refractivity contribution < 1.29 is 0 Å². The minimum absolute atomic E-state index is 0.698. The molecule has 1 aromatic rings. The average molecular weight is 300 g/mol. The lowest BCUT2D eigenvalue weighted by molar-refractivity contribution is 0.463. The van der Waals surface area contributed by atoms with E-state index in [1.54, 1.807) is 0 Å². The standard InChI is InChI=1S/C21H33N/c1-5-6-7-8-9-10-11-12-13-20-14-16-21(17-15-20)19(2)18-22(3)4/h14-17H,5-13,18H2,1,3-4H3. The normalized spacial score (nSPS) is 11.1. The molecule has 0 saturated carbocycles. The molecule has 0 fully saturated rings. The fourth-order valence-corrected chi connectivity index (χ4v) is 2.74. The molecule has 0 aliphatic heterocycles. The van der Waals surface area contributed by atoms with Gasteiger partial charge in [-0.05, 0) is 50.2 Å². The van der Waals surface area contributed by atoms with Crippen LogP contribution in [0.2, 0.25) is 0 Å². The van der Waals surface area contributed by atoms with Gasteiger partial charge in [-0.25, -0.2) is 0 Å². The molecule has 1 nitrogen and oxygen atoms in total. The van der Waals surface area contributed by atoms with Gasteiger partial charge in [0.25, 0.3) is 0 Å². The zero-order valence-electron chi connectivity index (χ0n) is 14.8. The van der Waals surface area contributed by atoms with Crippen LogP contribution in [0.5, 0.6) is 0 Å². The molecule has 0 amide bonds. The fraction of sp³-hybridized carbons (Fsp3) is 0.619. The summed E-state index contributed by atoms with van der Waals surface area (Å²) in [4.78, 5) is 2.04. The molecule has 0 heterocycles. The van der Waals surface area contributed by atoms with Gasteiger partial charge in [-0.1, -0.05) is 76.1 Å². The van der Waals surface area contributed by atoms with Gasteiger partial charge in [0.05, 0.1) is 0 Å². The molecule has 2 radical (unpaired) electrons. The summed E-state index contributed by atoms with van der Waals surface area (Å²) in [5, 5.41) is 0. The summed E-state index contributed by atoms with van der Waals surface area (Å²) in [7, 11) is 4.01. The Morgan fingerprint density at radius 1 is 0.864 bits per heavy atom. The van der Waals surface area contributed by atoms with Crippen molar-refractivity contribution in [3.8, 4) is 0 Å². The lowest BCUT2D eigenvalue weighted by Gasteiger charge is -2.12. The predicted octanol–water partition coefficient (Wildman–Crippen LogP) is 5.62. The molecule has 0 atom stereocenters. The van der Waals surface area contributed by atoms with Crippen LogP contribution < -0.4 is 0 Å². The Bertz CT molecular complexity index is 402. The van der Waals surface area contributed by atoms with E-state index in [9.17, 15) is 0 Å². The van der Waals surface area contributed by atoms with Crippen molar-refractivity contribution in [3.63, 3.8) is 0 Å². The van der Waals surface area contributed by atoms with Crippen LogP contribution in [0.25, 0.3) is 5.57 Å². The summed E-state index contributed by atoms with van der Waals surface area (Å²) >= 11 is 0. The van der Waals surface area contributed by atoms with Crippen molar-refractivity contribution >= 4 is 5.57 Å². The molecule has 1 aromatic carbocycles. The number of benzene rings is 1. The van der Waals surface area contributed by atoms with E-state index in [1.807, 2.05) is 19.0 Å². The van der Waals surface area contributed by atoms with Gasteiger partial charge in [-0.2, -0.15) is 0 Å². The Balaban J connectivity index is 2.18. The van der Waals surface area contributed by atoms with Gasteiger partial charge in [0, 0.05) is 6.54 Å². The third-order valence-corrected chi connectivity index (χ3v) is 4.10. The van der Waals surface area contributed by atoms with Gasteiger partial charge >= 0.3 is 0 Å². The van der Waals surface area contributed by atoms with Crippen LogP contribution in [0, 0.1) is 6.58 Å². The number of nitrogens with zero attached hydrogens (tertiary/aromatic N) is 1. The molecule has 1 rings (SSSR count). The Morgan fingerprint density at radius 3 is 1.95 bits per heavy atom. The van der Waals surface area contributed by atoms with Crippen LogP contribution in [0.4, 0.5) is 0 Å². The number of likely N-dealkylation sites (N-methyl/N-ethyl adjacent to an activating group) is 1. The Kier molecular flexibility index (Phi) is 9.90. The quantitative estimate of drug-likeness (QED) is 0.452. The van der Waals surface area contributed by atoms with Gasteiger partial charge < -0.3 is 4.90 Å². The molecule has 22 heavy (non-hydrogen) atoms. The molecule has 0 aromatic heterocycles. The molecule has 0 bridgehead atoms. The maximum atomic E-state index is 8.05. The van der Waals surface area contributed by atoms with E-state index < -0.39 is 0 Å². The van der Waals surface area contributed by atoms with E-state index >= 15 is 0 Å². The van der Waals surface area contributed by atoms with Gasteiger partial charge in [-0.15, -0.1) is 0 Å². The van der Waals surface area contributed by atoms with Crippen LogP contribution in [0.3, 0.4) is 0 Å². The predicted molar refractivity (Wildman–Crippen MR) is 98.0 cm³/mol. The molecule has 0 aliphatic rings. The molecule has 0 unspecified atom stereocenters. The molecule has 0 aliphatic carbocycles. The summed E-state index contributed by atoms with van der Waals surface area (Å²) in [6, 6.07) is 8.60. The van der Waals surface area contributed by atoms with Crippen molar-refractivity contribution in [2.75, 3.05) is 20.6 Å². The van der Waals surface area contributed by atoms with Crippen LogP contribution in [0.15, 0.2) is 24.3 Å². The average Bonchev–Trinajstić information content (AvgIpc) is 2.50. The summed E-state index contributed by atoms with van der Waals surface area (Å²) in [5.41, 5.74) is 3.16. The van der Waals surface area contributed by atoms with E-state index in [2.05, 4.69) is 31.2 Å². The van der Waals surface area contributed by atoms with Crippen LogP contribution in [-0.2, 0) is 6.42 Å². The van der Waals surface area contributed by atoms with Crippen molar-refractivity contribution in [2.24, 2.45) is 0 Å². The zero-order chi connectivity index (χ0) is 16.2. The maximum Gasteiger partial charge on any atom is 0.0239 e. The maximum absolute atomic E-state index is 8.05. The molecule has 0 saturated heterocycles. The Morgan fingerprint density at radius 2 is 1.41 bits per heavy atom. The highest BCUT2D eigenvalue weighted by molar-refractivity contribution is 5.63. The minimum atomic E-state index is 0.698. The van der Waals surface area contributed by atoms with E-state index in [0.717, 1.165) is 5.56 Å². The number of hydrogen-bond acceptors (Lipinski definition) is 1. The Labute approximate surface area is 138 Å². The van der Waals surface area contributed by atoms with Crippen molar-refractivity contribution in [2.45, 2.75) is 64.7 Å². The van der Waals surface area contributed by atoms with E-state index in [1.165, 1.54) is 63.4 Å². The first-order valence-corrected chi connectivity index (χ1v) is 8.95. The monoisotopic (exact) mass is 299 g/mol. The van der Waals surface area contributed by atoms with Gasteiger partial charge in [0.15, 0.2) is 0 Å². The smallest absolute Gasteiger partial charge is 0.0239 e. The third-order valence-electron chi connectivity index (χ3n) is 4.10. The highest BCUT2D eigenvalue weighted by atomic mass is 15.0. The molecular formula is C21H33N. The first-order valence-electron chi connectivity index (χ1n) is 8.95. The first kappa shape index (κ1) is 19.0. The molecule has 0 spiro atoms. The van der Waals surface area contributed by atoms with Crippen LogP contribution in [0.1, 0.15) is 69.4 Å². The van der Waals surface area contributed by atoms with E-state index in [4.69, 9.17) is 6.58 Å². The van der Waals surface area contributed by atoms with E-state index in [0.29, 0.717) is 12.1 Å². The molecular weight excluding hydrogens is 266 g/mol. The second-order valence-electron chi connectivity index (χ2n) is 6.64. The van der Waals surface area contributed by atoms with Crippen molar-refractivity contribution in [3.05, 3.63) is 42.0 Å². The summed E-state index contributed by atoms with van der Waals surface area (Å²) in [6.07, 6.45) is 12.2. The summed E-state index contributed by atoms with van der Waals surface area (Å²) in [6.45, 7) is 11.0. The first-order chi connectivity index (χ1) is 10.6. The minimum Gasteiger partial charge on any atom is -0.305 e. The molecule has 0 N–H and O–H groups in total. The second-order valence-corrected chi connectivity index (χ2v) is 6.64. The summed E-state index contributed by atoms with van der Waals surface area (Å²) in [5.74, 6) is 0. The topological polar surface area (TPSA) is 3.24 Å². The second kappa shape index (κ2) is 11.5. The fourth-order valence-electron chi connectivity index (χ4n) is 2.74. The van der Waals surface area contributed by atoms with Gasteiger partial charge in [0.1, 0.15) is 0 Å². The van der Waals surface area contributed by atoms with Crippen LogP contribution in [-0.4, -0.2) is 25.5 Å². The highest BCUT2D eigenvalue weighted by Crippen LogP contribution is 2.16. The lowest BCUT2D eigenvalue weighted by Crippen LogP contribution is -2.13. The number of aryl methyl sites for hydroxylation is 1. The highest BCUT2D eigenvalue weighted by Gasteiger charge is 2.01. The Hall–Kier alpha value is -1.08. The molecule has 1 heteroatoms. The van der Waals surface area contributed by atoms with Crippen molar-refractivity contribution in [1.82, 2.24) is 4.90 Å².